The van der Waals surface area contributed by atoms with Crippen molar-refractivity contribution in [2.75, 3.05) is 11.9 Å². The van der Waals surface area contributed by atoms with Gasteiger partial charge in [-0.05, 0) is 42.8 Å². The zero-order valence-corrected chi connectivity index (χ0v) is 11.9. The quantitative estimate of drug-likeness (QED) is 0.863. The lowest BCUT2D eigenvalue weighted by molar-refractivity contribution is -0.131. The average Bonchev–Trinajstić information content (AvgIpc) is 2.45. The van der Waals surface area contributed by atoms with Gasteiger partial charge in [0.25, 0.3) is 0 Å². The lowest BCUT2D eigenvalue weighted by Gasteiger charge is -2.20. The first-order chi connectivity index (χ1) is 9.97. The molecule has 2 rings (SSSR count). The molecule has 21 heavy (non-hydrogen) atoms. The van der Waals surface area contributed by atoms with Crippen molar-refractivity contribution in [1.82, 2.24) is 0 Å². The summed E-state index contributed by atoms with van der Waals surface area (Å²) in [5.74, 6) is -1.46. The number of anilines is 2. The summed E-state index contributed by atoms with van der Waals surface area (Å²) in [5, 5.41) is 8.57. The van der Waals surface area contributed by atoms with Gasteiger partial charge in [0.15, 0.2) is 0 Å². The van der Waals surface area contributed by atoms with Crippen LogP contribution in [-0.2, 0) is 4.79 Å². The minimum Gasteiger partial charge on any atom is -0.478 e. The number of rotatable bonds is 4. The molecule has 0 aliphatic carbocycles. The van der Waals surface area contributed by atoms with Crippen molar-refractivity contribution in [3.05, 3.63) is 65.5 Å². The van der Waals surface area contributed by atoms with Gasteiger partial charge in [0.2, 0.25) is 0 Å². The fourth-order valence-corrected chi connectivity index (χ4v) is 1.97. The van der Waals surface area contributed by atoms with Crippen LogP contribution in [0.1, 0.15) is 11.1 Å². The van der Waals surface area contributed by atoms with Crippen molar-refractivity contribution < 1.29 is 14.3 Å². The summed E-state index contributed by atoms with van der Waals surface area (Å²) in [6.07, 6.45) is 2.35. The van der Waals surface area contributed by atoms with Crippen LogP contribution in [0.3, 0.4) is 0 Å². The smallest absolute Gasteiger partial charge is 0.328 e. The van der Waals surface area contributed by atoms with Crippen LogP contribution in [0.4, 0.5) is 15.8 Å². The summed E-state index contributed by atoms with van der Waals surface area (Å²) < 4.78 is 14.2. The number of halogens is 1. The van der Waals surface area contributed by atoms with Gasteiger partial charge < -0.3 is 10.0 Å². The SMILES string of the molecule is Cc1ccc(N(C)c2ccc(C=CC(=O)O)cc2F)cc1. The van der Waals surface area contributed by atoms with Gasteiger partial charge >= 0.3 is 5.97 Å². The fourth-order valence-electron chi connectivity index (χ4n) is 1.97. The van der Waals surface area contributed by atoms with Crippen LogP contribution in [0.15, 0.2) is 48.5 Å². The summed E-state index contributed by atoms with van der Waals surface area (Å²) in [5.41, 5.74) is 2.97. The van der Waals surface area contributed by atoms with Gasteiger partial charge in [-0.1, -0.05) is 23.8 Å². The molecule has 0 fully saturated rings. The van der Waals surface area contributed by atoms with Crippen molar-refractivity contribution in [3.8, 4) is 0 Å². The molecule has 0 unspecified atom stereocenters. The van der Waals surface area contributed by atoms with E-state index in [2.05, 4.69) is 0 Å². The molecule has 0 spiro atoms. The van der Waals surface area contributed by atoms with Crippen molar-refractivity contribution in [3.63, 3.8) is 0 Å². The van der Waals surface area contributed by atoms with Gasteiger partial charge in [-0.2, -0.15) is 0 Å². The van der Waals surface area contributed by atoms with Crippen LogP contribution in [0.25, 0.3) is 6.08 Å². The molecule has 0 aliphatic heterocycles. The highest BCUT2D eigenvalue weighted by Crippen LogP contribution is 2.27. The molecule has 4 heteroatoms. The lowest BCUT2D eigenvalue weighted by Crippen LogP contribution is -2.11. The molecule has 2 aromatic rings. The number of carbonyl (C=O) groups is 1. The van der Waals surface area contributed by atoms with Crippen molar-refractivity contribution >= 4 is 23.4 Å². The number of carboxylic acids is 1. The third-order valence-electron chi connectivity index (χ3n) is 3.17. The molecule has 0 saturated heterocycles. The minimum atomic E-state index is -1.06. The molecule has 0 aliphatic rings. The van der Waals surface area contributed by atoms with E-state index in [1.807, 2.05) is 31.2 Å². The summed E-state index contributed by atoms with van der Waals surface area (Å²) in [6, 6.07) is 12.4. The van der Waals surface area contributed by atoms with E-state index in [4.69, 9.17) is 5.11 Å². The first kappa shape index (κ1) is 14.8. The van der Waals surface area contributed by atoms with Crippen molar-refractivity contribution in [2.45, 2.75) is 6.92 Å². The Hall–Kier alpha value is -2.62. The van der Waals surface area contributed by atoms with E-state index in [1.54, 1.807) is 24.1 Å². The number of hydrogen-bond donors (Lipinski definition) is 1. The Bertz CT molecular complexity index is 678. The van der Waals surface area contributed by atoms with Crippen LogP contribution >= 0.6 is 0 Å². The second kappa shape index (κ2) is 6.22. The van der Waals surface area contributed by atoms with E-state index in [1.165, 1.54) is 12.1 Å². The number of benzene rings is 2. The first-order valence-corrected chi connectivity index (χ1v) is 6.48. The van der Waals surface area contributed by atoms with E-state index in [-0.39, 0.29) is 0 Å². The van der Waals surface area contributed by atoms with Gasteiger partial charge in [-0.15, -0.1) is 0 Å². The zero-order valence-electron chi connectivity index (χ0n) is 11.9. The summed E-state index contributed by atoms with van der Waals surface area (Å²) in [6.45, 7) is 1.99. The Labute approximate surface area is 123 Å². The normalized spacial score (nSPS) is 10.8. The second-order valence-corrected chi connectivity index (χ2v) is 4.78. The third kappa shape index (κ3) is 3.69. The molecule has 0 bridgehead atoms. The Morgan fingerprint density at radius 2 is 1.86 bits per heavy atom. The van der Waals surface area contributed by atoms with Crippen molar-refractivity contribution in [1.29, 1.82) is 0 Å². The number of nitrogens with zero attached hydrogens (tertiary/aromatic N) is 1. The summed E-state index contributed by atoms with van der Waals surface area (Å²) in [4.78, 5) is 12.2. The summed E-state index contributed by atoms with van der Waals surface area (Å²) >= 11 is 0. The maximum atomic E-state index is 14.2. The van der Waals surface area contributed by atoms with Crippen molar-refractivity contribution in [2.24, 2.45) is 0 Å². The van der Waals surface area contributed by atoms with Gasteiger partial charge in [-0.3, -0.25) is 0 Å². The Balaban J connectivity index is 2.28. The molecule has 0 saturated carbocycles. The maximum absolute atomic E-state index is 14.2. The molecular formula is C17H16FNO2. The van der Waals surface area contributed by atoms with E-state index in [0.29, 0.717) is 11.3 Å². The van der Waals surface area contributed by atoms with Crippen LogP contribution in [-0.4, -0.2) is 18.1 Å². The highest BCUT2D eigenvalue weighted by Gasteiger charge is 2.09. The number of aryl methyl sites for hydroxylation is 1. The summed E-state index contributed by atoms with van der Waals surface area (Å²) in [7, 11) is 1.79. The highest BCUT2D eigenvalue weighted by molar-refractivity contribution is 5.85. The molecule has 0 amide bonds. The molecule has 1 N–H and O–H groups in total. The first-order valence-electron chi connectivity index (χ1n) is 6.48. The van der Waals surface area contributed by atoms with E-state index in [9.17, 15) is 9.18 Å². The van der Waals surface area contributed by atoms with Gasteiger partial charge in [0.05, 0.1) is 5.69 Å². The van der Waals surface area contributed by atoms with Gasteiger partial charge in [-0.25, -0.2) is 9.18 Å². The standard InChI is InChI=1S/C17H16FNO2/c1-12-3-7-14(8-4-12)19(2)16-9-5-13(11-15(16)18)6-10-17(20)21/h3-11H,1-2H3,(H,20,21). The zero-order chi connectivity index (χ0) is 15.4. The largest absolute Gasteiger partial charge is 0.478 e. The topological polar surface area (TPSA) is 40.5 Å². The van der Waals surface area contributed by atoms with Gasteiger partial charge in [0.1, 0.15) is 5.82 Å². The molecule has 108 valence electrons. The lowest BCUT2D eigenvalue weighted by atomic mass is 10.1. The predicted octanol–water partition coefficient (Wildman–Crippen LogP) is 4.00. The third-order valence-corrected chi connectivity index (χ3v) is 3.17. The Morgan fingerprint density at radius 3 is 2.43 bits per heavy atom. The average molecular weight is 285 g/mol. The monoisotopic (exact) mass is 285 g/mol. The van der Waals surface area contributed by atoms with Crippen LogP contribution in [0, 0.1) is 12.7 Å². The number of carboxylic acid groups (broad SMARTS) is 1. The molecular weight excluding hydrogens is 269 g/mol. The van der Waals surface area contributed by atoms with Gasteiger partial charge in [0, 0.05) is 18.8 Å². The second-order valence-electron chi connectivity index (χ2n) is 4.78. The molecule has 0 aromatic heterocycles. The molecule has 0 atom stereocenters. The Kier molecular flexibility index (Phi) is 4.38. The van der Waals surface area contributed by atoms with E-state index in [0.717, 1.165) is 17.3 Å². The minimum absolute atomic E-state index is 0.398. The Morgan fingerprint density at radius 1 is 1.19 bits per heavy atom. The van der Waals surface area contributed by atoms with Crippen LogP contribution < -0.4 is 4.90 Å². The highest BCUT2D eigenvalue weighted by atomic mass is 19.1. The molecule has 2 aromatic carbocycles. The molecule has 3 nitrogen and oxygen atoms in total. The van der Waals surface area contributed by atoms with E-state index < -0.39 is 11.8 Å². The number of hydrogen-bond acceptors (Lipinski definition) is 2. The van der Waals surface area contributed by atoms with Crippen LogP contribution in [0.2, 0.25) is 0 Å². The fraction of sp³-hybridized carbons (Fsp3) is 0.118. The molecule has 0 heterocycles. The molecule has 0 radical (unpaired) electrons. The maximum Gasteiger partial charge on any atom is 0.328 e. The predicted molar refractivity (Wildman–Crippen MR) is 82.3 cm³/mol. The van der Waals surface area contributed by atoms with Crippen LogP contribution in [0.5, 0.6) is 0 Å². The number of aliphatic carboxylic acids is 1. The van der Waals surface area contributed by atoms with E-state index >= 15 is 0 Å².